The molecule has 0 bridgehead atoms. The monoisotopic (exact) mass is 473 g/mol. The second kappa shape index (κ2) is 8.66. The number of carbonyl (C=O) groups excluding carboxylic acids is 2. The second-order valence-corrected chi connectivity index (χ2v) is 8.34. The minimum atomic E-state index is -4.41. The first-order valence-corrected chi connectivity index (χ1v) is 10.6. The number of aromatic nitrogens is 3. The van der Waals surface area contributed by atoms with E-state index in [1.807, 2.05) is 6.07 Å². The molecule has 0 radical (unpaired) electrons. The molecule has 0 aliphatic rings. The highest BCUT2D eigenvalue weighted by Gasteiger charge is 2.30. The molecule has 3 N–H and O–H groups in total. The Kier molecular flexibility index (Phi) is 5.90. The van der Waals surface area contributed by atoms with Crippen LogP contribution < -0.4 is 11.1 Å². The number of fused-ring (bicyclic) bond motifs is 1. The number of thiazole rings is 1. The SMILES string of the molecule is Cc1nc(-c2cccc3nn(Cc4cccc(C(F)(F)F)c4)cc23)sc1C(=O)NCC(N)=O. The highest BCUT2D eigenvalue weighted by molar-refractivity contribution is 7.17. The van der Waals surface area contributed by atoms with E-state index in [0.29, 0.717) is 26.7 Å². The van der Waals surface area contributed by atoms with Crippen LogP contribution in [0.3, 0.4) is 0 Å². The predicted octanol–water partition coefficient (Wildman–Crippen LogP) is 3.75. The van der Waals surface area contributed by atoms with Crippen LogP contribution in [0.2, 0.25) is 0 Å². The van der Waals surface area contributed by atoms with Gasteiger partial charge < -0.3 is 11.1 Å². The van der Waals surface area contributed by atoms with E-state index in [9.17, 15) is 22.8 Å². The lowest BCUT2D eigenvalue weighted by atomic mass is 10.1. The Hall–Kier alpha value is -3.73. The lowest BCUT2D eigenvalue weighted by molar-refractivity contribution is -0.137. The van der Waals surface area contributed by atoms with Crippen LogP contribution in [-0.4, -0.2) is 33.1 Å². The molecule has 2 aromatic carbocycles. The van der Waals surface area contributed by atoms with Crippen molar-refractivity contribution >= 4 is 34.1 Å². The Morgan fingerprint density at radius 1 is 1.18 bits per heavy atom. The molecule has 0 saturated heterocycles. The normalized spacial score (nSPS) is 11.6. The van der Waals surface area contributed by atoms with E-state index in [-0.39, 0.29) is 13.1 Å². The van der Waals surface area contributed by atoms with Crippen LogP contribution in [0.15, 0.2) is 48.7 Å². The molecule has 2 aromatic heterocycles. The Bertz CT molecular complexity index is 1360. The average Bonchev–Trinajstić information content (AvgIpc) is 3.34. The first-order valence-electron chi connectivity index (χ1n) is 9.78. The molecule has 170 valence electrons. The number of aryl methyl sites for hydroxylation is 1. The summed E-state index contributed by atoms with van der Waals surface area (Å²) in [5.74, 6) is -1.09. The number of nitrogens with zero attached hydrogens (tertiary/aromatic N) is 3. The van der Waals surface area contributed by atoms with Crippen molar-refractivity contribution in [2.75, 3.05) is 6.54 Å². The summed E-state index contributed by atoms with van der Waals surface area (Å²) in [7, 11) is 0. The summed E-state index contributed by atoms with van der Waals surface area (Å²) in [5, 5.41) is 8.27. The Labute approximate surface area is 190 Å². The van der Waals surface area contributed by atoms with Gasteiger partial charge >= 0.3 is 6.18 Å². The minimum absolute atomic E-state index is 0.162. The largest absolute Gasteiger partial charge is 0.416 e. The molecule has 0 unspecified atom stereocenters. The number of hydrogen-bond acceptors (Lipinski definition) is 5. The lowest BCUT2D eigenvalue weighted by Gasteiger charge is -2.08. The summed E-state index contributed by atoms with van der Waals surface area (Å²) in [4.78, 5) is 28.1. The van der Waals surface area contributed by atoms with Crippen molar-refractivity contribution in [3.63, 3.8) is 0 Å². The molecule has 33 heavy (non-hydrogen) atoms. The van der Waals surface area contributed by atoms with Crippen LogP contribution in [-0.2, 0) is 17.5 Å². The number of rotatable bonds is 6. The van der Waals surface area contributed by atoms with E-state index < -0.39 is 23.6 Å². The molecular formula is C22H18F3N5O2S. The molecule has 2 amide bonds. The topological polar surface area (TPSA) is 103 Å². The van der Waals surface area contributed by atoms with Crippen molar-refractivity contribution < 1.29 is 22.8 Å². The molecule has 0 aliphatic carbocycles. The molecule has 0 aliphatic heterocycles. The predicted molar refractivity (Wildman–Crippen MR) is 118 cm³/mol. The number of alkyl halides is 3. The fraction of sp³-hybridized carbons (Fsp3) is 0.182. The first-order chi connectivity index (χ1) is 15.6. The molecule has 0 saturated carbocycles. The zero-order chi connectivity index (χ0) is 23.8. The van der Waals surface area contributed by atoms with Gasteiger partial charge in [0.15, 0.2) is 0 Å². The molecule has 11 heteroatoms. The van der Waals surface area contributed by atoms with Gasteiger partial charge in [0.2, 0.25) is 5.91 Å². The van der Waals surface area contributed by atoms with Crippen LogP contribution in [0.4, 0.5) is 13.2 Å². The third-order valence-electron chi connectivity index (χ3n) is 4.85. The lowest BCUT2D eigenvalue weighted by Crippen LogP contribution is -2.33. The summed E-state index contributed by atoms with van der Waals surface area (Å²) in [6.07, 6.45) is -2.67. The van der Waals surface area contributed by atoms with Crippen molar-refractivity contribution in [3.05, 3.63) is 70.4 Å². The molecule has 0 spiro atoms. The maximum atomic E-state index is 13.0. The van der Waals surface area contributed by atoms with Crippen LogP contribution in [0.5, 0.6) is 0 Å². The van der Waals surface area contributed by atoms with Crippen molar-refractivity contribution in [2.24, 2.45) is 5.73 Å². The molecule has 7 nitrogen and oxygen atoms in total. The highest BCUT2D eigenvalue weighted by Crippen LogP contribution is 2.33. The van der Waals surface area contributed by atoms with Gasteiger partial charge in [-0.3, -0.25) is 14.3 Å². The third-order valence-corrected chi connectivity index (χ3v) is 6.04. The van der Waals surface area contributed by atoms with Gasteiger partial charge in [-0.15, -0.1) is 11.3 Å². The number of nitrogens with two attached hydrogens (primary N) is 1. The van der Waals surface area contributed by atoms with Gasteiger partial charge in [-0.05, 0) is 30.7 Å². The van der Waals surface area contributed by atoms with Gasteiger partial charge in [0, 0.05) is 17.1 Å². The second-order valence-electron chi connectivity index (χ2n) is 7.35. The molecule has 0 atom stereocenters. The third kappa shape index (κ3) is 4.87. The van der Waals surface area contributed by atoms with Gasteiger partial charge in [0.05, 0.1) is 29.9 Å². The van der Waals surface area contributed by atoms with Gasteiger partial charge in [-0.2, -0.15) is 18.3 Å². The first kappa shape index (κ1) is 22.5. The van der Waals surface area contributed by atoms with Crippen molar-refractivity contribution in [1.82, 2.24) is 20.1 Å². The number of nitrogens with one attached hydrogen (secondary N) is 1. The van der Waals surface area contributed by atoms with Crippen LogP contribution in [0.25, 0.3) is 21.5 Å². The van der Waals surface area contributed by atoms with Gasteiger partial charge in [0.25, 0.3) is 5.91 Å². The average molecular weight is 473 g/mol. The van der Waals surface area contributed by atoms with Crippen molar-refractivity contribution in [2.45, 2.75) is 19.6 Å². The highest BCUT2D eigenvalue weighted by atomic mass is 32.1. The zero-order valence-electron chi connectivity index (χ0n) is 17.3. The van der Waals surface area contributed by atoms with Crippen molar-refractivity contribution in [3.8, 4) is 10.6 Å². The summed E-state index contributed by atoms with van der Waals surface area (Å²) < 4.78 is 40.6. The van der Waals surface area contributed by atoms with E-state index in [1.54, 1.807) is 36.0 Å². The number of amides is 2. The standard InChI is InChI=1S/C22H18F3N5O2S/c1-12-19(20(32)27-9-18(26)31)33-21(28-12)15-6-3-7-17-16(15)11-30(29-17)10-13-4-2-5-14(8-13)22(23,24)25/h2-8,11H,9-10H2,1H3,(H2,26,31)(H,27,32). The molecule has 4 rings (SSSR count). The smallest absolute Gasteiger partial charge is 0.368 e. The molecule has 4 aromatic rings. The van der Waals surface area contributed by atoms with E-state index in [4.69, 9.17) is 5.73 Å². The fourth-order valence-electron chi connectivity index (χ4n) is 3.36. The zero-order valence-corrected chi connectivity index (χ0v) is 18.1. The molecule has 0 fully saturated rings. The maximum absolute atomic E-state index is 13.0. The quantitative estimate of drug-likeness (QED) is 0.445. The van der Waals surface area contributed by atoms with E-state index in [0.717, 1.165) is 23.1 Å². The van der Waals surface area contributed by atoms with E-state index in [2.05, 4.69) is 15.4 Å². The summed E-state index contributed by atoms with van der Waals surface area (Å²) >= 11 is 1.17. The number of primary amides is 1. The van der Waals surface area contributed by atoms with Crippen LogP contribution in [0, 0.1) is 6.92 Å². The number of halogens is 3. The van der Waals surface area contributed by atoms with Gasteiger partial charge in [-0.1, -0.05) is 24.3 Å². The number of hydrogen-bond donors (Lipinski definition) is 2. The van der Waals surface area contributed by atoms with E-state index >= 15 is 0 Å². The summed E-state index contributed by atoms with van der Waals surface area (Å²) in [6, 6.07) is 10.5. The molecule has 2 heterocycles. The number of benzene rings is 2. The Morgan fingerprint density at radius 2 is 1.94 bits per heavy atom. The molecular weight excluding hydrogens is 455 g/mol. The Morgan fingerprint density at radius 3 is 2.67 bits per heavy atom. The minimum Gasteiger partial charge on any atom is -0.368 e. The summed E-state index contributed by atoms with van der Waals surface area (Å²) in [5.41, 5.74) is 6.72. The number of carbonyl (C=O) groups is 2. The van der Waals surface area contributed by atoms with Gasteiger partial charge in [-0.25, -0.2) is 4.98 Å². The van der Waals surface area contributed by atoms with Crippen LogP contribution in [0.1, 0.15) is 26.5 Å². The maximum Gasteiger partial charge on any atom is 0.416 e. The van der Waals surface area contributed by atoms with Crippen molar-refractivity contribution in [1.29, 1.82) is 0 Å². The van der Waals surface area contributed by atoms with E-state index in [1.165, 1.54) is 17.4 Å². The fourth-order valence-corrected chi connectivity index (χ4v) is 4.38. The Balaban J connectivity index is 1.65. The van der Waals surface area contributed by atoms with Gasteiger partial charge in [0.1, 0.15) is 9.88 Å². The summed E-state index contributed by atoms with van der Waals surface area (Å²) in [6.45, 7) is 1.58. The van der Waals surface area contributed by atoms with Crippen LogP contribution >= 0.6 is 11.3 Å².